The van der Waals surface area contributed by atoms with Gasteiger partial charge in [0.15, 0.2) is 6.10 Å². The van der Waals surface area contributed by atoms with Crippen LogP contribution in [0.5, 0.6) is 5.75 Å². The first-order valence-corrected chi connectivity index (χ1v) is 7.33. The molecule has 114 valence electrons. The predicted molar refractivity (Wildman–Crippen MR) is 85.9 cm³/mol. The van der Waals surface area contributed by atoms with E-state index in [1.54, 1.807) is 0 Å². The number of hydrogen-bond donors (Lipinski definition) is 1. The highest BCUT2D eigenvalue weighted by atomic mass is 16.7. The molecule has 1 aromatic carbocycles. The molecule has 1 unspecified atom stereocenters. The third-order valence-corrected chi connectivity index (χ3v) is 3.55. The molecule has 0 radical (unpaired) electrons. The summed E-state index contributed by atoms with van der Waals surface area (Å²) in [6.07, 6.45) is 2.47. The topological polar surface area (TPSA) is 69.7 Å². The molecule has 5 nitrogen and oxygen atoms in total. The van der Waals surface area contributed by atoms with Gasteiger partial charge in [-0.2, -0.15) is 0 Å². The zero-order chi connectivity index (χ0) is 15.4. The highest BCUT2D eigenvalue weighted by Crippen LogP contribution is 2.30. The van der Waals surface area contributed by atoms with Crippen molar-refractivity contribution >= 4 is 5.71 Å². The Morgan fingerprint density at radius 1 is 1.32 bits per heavy atom. The second-order valence-corrected chi connectivity index (χ2v) is 5.29. The maximum Gasteiger partial charge on any atom is 0.166 e. The smallest absolute Gasteiger partial charge is 0.166 e. The van der Waals surface area contributed by atoms with Gasteiger partial charge in [0.2, 0.25) is 0 Å². The fourth-order valence-electron chi connectivity index (χ4n) is 2.42. The highest BCUT2D eigenvalue weighted by molar-refractivity contribution is 5.87. The summed E-state index contributed by atoms with van der Waals surface area (Å²) in [6.45, 7) is 2.86. The Kier molecular flexibility index (Phi) is 4.34. The lowest BCUT2D eigenvalue weighted by molar-refractivity contribution is 0.0472. The molecule has 0 fully saturated rings. The zero-order valence-corrected chi connectivity index (χ0v) is 12.5. The average Bonchev–Trinajstić information content (AvgIpc) is 3.01. The van der Waals surface area contributed by atoms with Crippen molar-refractivity contribution in [3.8, 4) is 16.9 Å². The number of benzene rings is 1. The number of pyridine rings is 1. The number of hydrogen-bond acceptors (Lipinski definition) is 5. The third kappa shape index (κ3) is 3.26. The van der Waals surface area contributed by atoms with Gasteiger partial charge >= 0.3 is 0 Å². The lowest BCUT2D eigenvalue weighted by Crippen LogP contribution is -2.20. The summed E-state index contributed by atoms with van der Waals surface area (Å²) in [4.78, 5) is 9.55. The number of aromatic nitrogens is 1. The van der Waals surface area contributed by atoms with Crippen LogP contribution in [-0.4, -0.2) is 30.0 Å². The Morgan fingerprint density at radius 2 is 2.18 bits per heavy atom. The zero-order valence-electron chi connectivity index (χ0n) is 12.5. The summed E-state index contributed by atoms with van der Waals surface area (Å²) in [6, 6.07) is 12.0. The number of rotatable bonds is 5. The Balaban J connectivity index is 1.72. The minimum atomic E-state index is -0.0641. The molecule has 1 aliphatic rings. The second kappa shape index (κ2) is 6.58. The first-order chi connectivity index (χ1) is 10.8. The van der Waals surface area contributed by atoms with E-state index in [1.165, 1.54) is 0 Å². The molecule has 2 heterocycles. The molecule has 0 spiro atoms. The summed E-state index contributed by atoms with van der Waals surface area (Å²) in [5, 5.41) is 3.94. The van der Waals surface area contributed by atoms with Crippen LogP contribution < -0.4 is 10.5 Å². The van der Waals surface area contributed by atoms with Crippen molar-refractivity contribution in [3.63, 3.8) is 0 Å². The van der Waals surface area contributed by atoms with E-state index in [1.807, 2.05) is 49.5 Å². The summed E-state index contributed by atoms with van der Waals surface area (Å²) in [5.74, 6) is 0.831. The molecule has 0 bridgehead atoms. The van der Waals surface area contributed by atoms with Crippen LogP contribution in [0.4, 0.5) is 0 Å². The number of ether oxygens (including phenoxy) is 1. The van der Waals surface area contributed by atoms with Gasteiger partial charge in [-0.25, -0.2) is 0 Å². The lowest BCUT2D eigenvalue weighted by Gasteiger charge is -2.14. The average molecular weight is 297 g/mol. The number of nitrogens with two attached hydrogens (primary N) is 1. The Labute approximate surface area is 129 Å². The van der Waals surface area contributed by atoms with E-state index < -0.39 is 0 Å². The van der Waals surface area contributed by atoms with Crippen LogP contribution in [0.15, 0.2) is 47.8 Å². The molecule has 22 heavy (non-hydrogen) atoms. The Bertz CT molecular complexity index is 685. The number of aryl methyl sites for hydroxylation is 1. The van der Waals surface area contributed by atoms with Crippen molar-refractivity contribution < 1.29 is 9.57 Å². The summed E-state index contributed by atoms with van der Waals surface area (Å²) >= 11 is 0. The van der Waals surface area contributed by atoms with Gasteiger partial charge in [-0.3, -0.25) is 4.98 Å². The first-order valence-electron chi connectivity index (χ1n) is 7.33. The van der Waals surface area contributed by atoms with Crippen molar-refractivity contribution in [2.45, 2.75) is 19.4 Å². The molecule has 0 amide bonds. The molecule has 0 saturated carbocycles. The maximum absolute atomic E-state index is 5.95. The van der Waals surface area contributed by atoms with Gasteiger partial charge < -0.3 is 15.3 Å². The third-order valence-electron chi connectivity index (χ3n) is 3.55. The van der Waals surface area contributed by atoms with E-state index in [4.69, 9.17) is 15.3 Å². The fraction of sp³-hybridized carbons (Fsp3) is 0.294. The molecule has 1 atom stereocenters. The van der Waals surface area contributed by atoms with Crippen LogP contribution >= 0.6 is 0 Å². The second-order valence-electron chi connectivity index (χ2n) is 5.29. The van der Waals surface area contributed by atoms with E-state index in [2.05, 4.69) is 10.1 Å². The normalized spacial score (nSPS) is 17.0. The number of para-hydroxylation sites is 1. The molecule has 5 heteroatoms. The van der Waals surface area contributed by atoms with E-state index in [0.29, 0.717) is 13.2 Å². The molecular weight excluding hydrogens is 278 g/mol. The van der Waals surface area contributed by atoms with Crippen molar-refractivity contribution in [1.82, 2.24) is 4.98 Å². The largest absolute Gasteiger partial charge is 0.489 e. The summed E-state index contributed by atoms with van der Waals surface area (Å²) < 4.78 is 5.95. The SMILES string of the molecule is Cc1cc(-c2ccccc2OCC2CC(CN)=NO2)ccn1. The minimum Gasteiger partial charge on any atom is -0.489 e. The van der Waals surface area contributed by atoms with Gasteiger partial charge in [-0.15, -0.1) is 0 Å². The van der Waals surface area contributed by atoms with Crippen LogP contribution in [0.3, 0.4) is 0 Å². The molecule has 3 rings (SSSR count). The predicted octanol–water partition coefficient (Wildman–Crippen LogP) is 2.54. The van der Waals surface area contributed by atoms with Crippen LogP contribution in [0, 0.1) is 6.92 Å². The van der Waals surface area contributed by atoms with Gasteiger partial charge in [-0.05, 0) is 30.7 Å². The van der Waals surface area contributed by atoms with Crippen molar-refractivity contribution in [3.05, 3.63) is 48.3 Å². The minimum absolute atomic E-state index is 0.0641. The molecule has 0 saturated heterocycles. The maximum atomic E-state index is 5.95. The van der Waals surface area contributed by atoms with E-state index >= 15 is 0 Å². The van der Waals surface area contributed by atoms with Gasteiger partial charge in [0.05, 0.1) is 5.71 Å². The Morgan fingerprint density at radius 3 is 2.95 bits per heavy atom. The van der Waals surface area contributed by atoms with Crippen LogP contribution in [-0.2, 0) is 4.84 Å². The quantitative estimate of drug-likeness (QED) is 0.920. The van der Waals surface area contributed by atoms with Crippen molar-refractivity contribution in [1.29, 1.82) is 0 Å². The Hall–Kier alpha value is -2.40. The van der Waals surface area contributed by atoms with E-state index in [-0.39, 0.29) is 6.10 Å². The van der Waals surface area contributed by atoms with E-state index in [0.717, 1.165) is 34.7 Å². The fourth-order valence-corrected chi connectivity index (χ4v) is 2.42. The first kappa shape index (κ1) is 14.5. The molecule has 1 aliphatic heterocycles. The van der Waals surface area contributed by atoms with Gasteiger partial charge in [0, 0.05) is 30.4 Å². The highest BCUT2D eigenvalue weighted by Gasteiger charge is 2.21. The molecule has 1 aromatic heterocycles. The molecule has 2 N–H and O–H groups in total. The van der Waals surface area contributed by atoms with Gasteiger partial charge in [0.25, 0.3) is 0 Å². The lowest BCUT2D eigenvalue weighted by atomic mass is 10.1. The molecule has 0 aliphatic carbocycles. The summed E-state index contributed by atoms with van der Waals surface area (Å²) in [7, 11) is 0. The van der Waals surface area contributed by atoms with Gasteiger partial charge in [0.1, 0.15) is 12.4 Å². The van der Waals surface area contributed by atoms with Crippen LogP contribution in [0.2, 0.25) is 0 Å². The molecular formula is C17H19N3O2. The number of nitrogens with zero attached hydrogens (tertiary/aromatic N) is 2. The standard InChI is InChI=1S/C17H19N3O2/c1-12-8-13(6-7-19-12)16-4-2-3-5-17(16)21-11-15-9-14(10-18)20-22-15/h2-8,15H,9-11,18H2,1H3. The number of oxime groups is 1. The van der Waals surface area contributed by atoms with Crippen LogP contribution in [0.25, 0.3) is 11.1 Å². The van der Waals surface area contributed by atoms with Crippen molar-refractivity contribution in [2.75, 3.05) is 13.2 Å². The van der Waals surface area contributed by atoms with Crippen molar-refractivity contribution in [2.24, 2.45) is 10.9 Å². The van der Waals surface area contributed by atoms with Gasteiger partial charge in [-0.1, -0.05) is 23.4 Å². The van der Waals surface area contributed by atoms with E-state index in [9.17, 15) is 0 Å². The van der Waals surface area contributed by atoms with Crippen LogP contribution in [0.1, 0.15) is 12.1 Å². The summed E-state index contributed by atoms with van der Waals surface area (Å²) in [5.41, 5.74) is 9.56. The monoisotopic (exact) mass is 297 g/mol. The molecule has 2 aromatic rings.